The summed E-state index contributed by atoms with van der Waals surface area (Å²) in [5, 5.41) is 3.05. The van der Waals surface area contributed by atoms with Gasteiger partial charge in [0, 0.05) is 49.5 Å². The van der Waals surface area contributed by atoms with Crippen LogP contribution in [-0.2, 0) is 11.2 Å². The minimum absolute atomic E-state index is 0.00313. The molecule has 0 saturated carbocycles. The normalized spacial score (nSPS) is 18.9. The van der Waals surface area contributed by atoms with E-state index in [1.165, 1.54) is 35.0 Å². The van der Waals surface area contributed by atoms with Crippen molar-refractivity contribution >= 4 is 11.7 Å². The van der Waals surface area contributed by atoms with Gasteiger partial charge in [0.15, 0.2) is 5.78 Å². The van der Waals surface area contributed by atoms with Gasteiger partial charge in [-0.3, -0.25) is 23.9 Å². The third-order valence-corrected chi connectivity index (χ3v) is 6.65. The number of hydrogen-bond acceptors (Lipinski definition) is 5. The van der Waals surface area contributed by atoms with Gasteiger partial charge in [-0.15, -0.1) is 0 Å². The van der Waals surface area contributed by atoms with Crippen LogP contribution >= 0.6 is 0 Å². The second-order valence-corrected chi connectivity index (χ2v) is 9.98. The molecule has 1 atom stereocenters. The molecule has 1 N–H and O–H groups in total. The molecule has 1 aliphatic carbocycles. The average Bonchev–Trinajstić information content (AvgIpc) is 2.79. The van der Waals surface area contributed by atoms with Crippen molar-refractivity contribution < 1.29 is 18.7 Å². The topological polar surface area (TPSA) is 80.6 Å². The van der Waals surface area contributed by atoms with Gasteiger partial charge >= 0.3 is 0 Å². The van der Waals surface area contributed by atoms with Crippen molar-refractivity contribution in [3.8, 4) is 5.69 Å². The molecule has 7 nitrogen and oxygen atoms in total. The molecule has 1 fully saturated rings. The number of benzene rings is 1. The minimum atomic E-state index is -0.505. The predicted molar refractivity (Wildman–Crippen MR) is 127 cm³/mol. The molecule has 0 spiro atoms. The molecule has 2 heterocycles. The molecule has 0 radical (unpaired) electrons. The highest BCUT2D eigenvalue weighted by Gasteiger charge is 2.36. The second-order valence-electron chi connectivity index (χ2n) is 9.98. The second kappa shape index (κ2) is 9.80. The maximum atomic E-state index is 13.6. The fourth-order valence-corrected chi connectivity index (χ4v) is 4.80. The van der Waals surface area contributed by atoms with E-state index in [9.17, 15) is 18.8 Å². The van der Waals surface area contributed by atoms with Gasteiger partial charge in [-0.05, 0) is 48.1 Å². The van der Waals surface area contributed by atoms with Crippen molar-refractivity contribution in [2.45, 2.75) is 46.1 Å². The van der Waals surface area contributed by atoms with Crippen molar-refractivity contribution in [1.82, 2.24) is 14.8 Å². The van der Waals surface area contributed by atoms with Crippen LogP contribution in [0.1, 0.15) is 59.9 Å². The molecule has 2 aliphatic rings. The van der Waals surface area contributed by atoms with Gasteiger partial charge < -0.3 is 10.1 Å². The summed E-state index contributed by atoms with van der Waals surface area (Å²) in [6.45, 7) is 9.52. The predicted octanol–water partition coefficient (Wildman–Crippen LogP) is 2.97. The molecule has 4 rings (SSSR count). The van der Waals surface area contributed by atoms with Gasteiger partial charge in [0.05, 0.1) is 13.2 Å². The fraction of sp³-hybridized carbons (Fsp3) is 0.500. The first-order valence-electron chi connectivity index (χ1n) is 11.9. The molecule has 1 aromatic carbocycles. The third-order valence-electron chi connectivity index (χ3n) is 6.65. The number of pyridine rings is 1. The van der Waals surface area contributed by atoms with E-state index in [0.29, 0.717) is 55.8 Å². The Morgan fingerprint density at radius 1 is 1.15 bits per heavy atom. The van der Waals surface area contributed by atoms with E-state index in [1.807, 2.05) is 20.8 Å². The summed E-state index contributed by atoms with van der Waals surface area (Å²) in [6.07, 6.45) is 2.99. The maximum Gasteiger partial charge on any atom is 0.268 e. The van der Waals surface area contributed by atoms with Gasteiger partial charge in [0.1, 0.15) is 11.4 Å². The quantitative estimate of drug-likeness (QED) is 0.704. The lowest BCUT2D eigenvalue weighted by molar-refractivity contribution is 0.0331. The number of ether oxygens (including phenoxy) is 1. The van der Waals surface area contributed by atoms with Crippen LogP contribution in [0.15, 0.2) is 35.3 Å². The summed E-state index contributed by atoms with van der Waals surface area (Å²) in [7, 11) is 0. The number of halogens is 1. The number of carbonyl (C=O) groups is 2. The van der Waals surface area contributed by atoms with E-state index in [1.54, 1.807) is 0 Å². The zero-order valence-corrected chi connectivity index (χ0v) is 20.0. The van der Waals surface area contributed by atoms with Crippen molar-refractivity contribution in [3.05, 3.63) is 63.3 Å². The van der Waals surface area contributed by atoms with E-state index in [2.05, 4.69) is 10.2 Å². The molecule has 1 saturated heterocycles. The number of nitrogens with zero attached hydrogens (tertiary/aromatic N) is 2. The van der Waals surface area contributed by atoms with Crippen molar-refractivity contribution in [2.24, 2.45) is 5.41 Å². The number of carbonyl (C=O) groups excluding carboxylic acids is 2. The average molecular weight is 470 g/mol. The van der Waals surface area contributed by atoms with Crippen LogP contribution in [0.2, 0.25) is 0 Å². The molecule has 182 valence electrons. The Morgan fingerprint density at radius 2 is 1.82 bits per heavy atom. The molecular formula is C26H32FN3O4. The summed E-state index contributed by atoms with van der Waals surface area (Å²) in [6, 6.07) is 5.29. The number of ketones is 1. The first kappa shape index (κ1) is 24.3. The Hall–Kier alpha value is -2.84. The van der Waals surface area contributed by atoms with Crippen LogP contribution in [0.5, 0.6) is 0 Å². The zero-order chi connectivity index (χ0) is 24.5. The largest absolute Gasteiger partial charge is 0.379 e. The molecular weight excluding hydrogens is 437 g/mol. The van der Waals surface area contributed by atoms with Crippen LogP contribution in [0.25, 0.3) is 5.69 Å². The maximum absolute atomic E-state index is 13.6. The smallest absolute Gasteiger partial charge is 0.268 e. The number of hydrogen-bond donors (Lipinski definition) is 1. The summed E-state index contributed by atoms with van der Waals surface area (Å²) in [5.41, 5.74) is 0.433. The van der Waals surface area contributed by atoms with Gasteiger partial charge in [-0.1, -0.05) is 20.8 Å². The lowest BCUT2D eigenvalue weighted by Gasteiger charge is -2.32. The number of amides is 1. The molecule has 2 aromatic rings. The lowest BCUT2D eigenvalue weighted by atomic mass is 9.73. The fourth-order valence-electron chi connectivity index (χ4n) is 4.80. The van der Waals surface area contributed by atoms with Gasteiger partial charge in [0.25, 0.3) is 11.5 Å². The van der Waals surface area contributed by atoms with Crippen LogP contribution in [-0.4, -0.2) is 60.0 Å². The Kier molecular flexibility index (Phi) is 7.00. The first-order chi connectivity index (χ1) is 16.2. The summed E-state index contributed by atoms with van der Waals surface area (Å²) in [4.78, 5) is 42.5. The number of Topliss-reactive ketones (excluding diaryl/α,β-unsaturated/α-hetero) is 1. The van der Waals surface area contributed by atoms with Crippen LogP contribution in [0, 0.1) is 11.2 Å². The van der Waals surface area contributed by atoms with Crippen LogP contribution in [0.4, 0.5) is 4.39 Å². The monoisotopic (exact) mass is 469 g/mol. The molecule has 1 unspecified atom stereocenters. The first-order valence-corrected chi connectivity index (χ1v) is 11.9. The number of morpholine rings is 1. The number of fused-ring (bicyclic) bond motifs is 1. The van der Waals surface area contributed by atoms with Gasteiger partial charge in [-0.2, -0.15) is 0 Å². The Labute approximate surface area is 198 Å². The van der Waals surface area contributed by atoms with Crippen molar-refractivity contribution in [1.29, 1.82) is 0 Å². The summed E-state index contributed by atoms with van der Waals surface area (Å²) < 4.78 is 20.2. The third kappa shape index (κ3) is 5.13. The number of aromatic nitrogens is 1. The van der Waals surface area contributed by atoms with E-state index >= 15 is 0 Å². The summed E-state index contributed by atoms with van der Waals surface area (Å²) in [5.74, 6) is -1.00. The molecule has 1 aromatic heterocycles. The Bertz CT molecular complexity index is 1130. The highest BCUT2D eigenvalue weighted by molar-refractivity contribution is 6.04. The van der Waals surface area contributed by atoms with E-state index in [4.69, 9.17) is 4.74 Å². The van der Waals surface area contributed by atoms with E-state index < -0.39 is 17.3 Å². The van der Waals surface area contributed by atoms with Crippen molar-refractivity contribution in [3.63, 3.8) is 0 Å². The summed E-state index contributed by atoms with van der Waals surface area (Å²) >= 11 is 0. The van der Waals surface area contributed by atoms with Gasteiger partial charge in [-0.25, -0.2) is 4.39 Å². The standard InChI is InChI=1S/C26H32FN3O4/c1-4-18(15-29-9-11-34-12-10-29)28-24(32)23-20-13-26(2,3)14-22(31)21(20)16-30(25(23)33)19-7-5-17(27)6-8-19/h5-8,16,18H,4,9-15H2,1-3H3,(H,28,32). The van der Waals surface area contributed by atoms with Crippen LogP contribution in [0.3, 0.4) is 0 Å². The lowest BCUT2D eigenvalue weighted by Crippen LogP contribution is -2.48. The SMILES string of the molecule is CCC(CN1CCOCC1)NC(=O)c1c2c(cn(-c3ccc(F)cc3)c1=O)C(=O)CC(C)(C)C2. The molecule has 1 aliphatic heterocycles. The van der Waals surface area contributed by atoms with E-state index in [0.717, 1.165) is 13.1 Å². The minimum Gasteiger partial charge on any atom is -0.379 e. The highest BCUT2D eigenvalue weighted by atomic mass is 19.1. The highest BCUT2D eigenvalue weighted by Crippen LogP contribution is 2.35. The van der Waals surface area contributed by atoms with Crippen molar-refractivity contribution in [2.75, 3.05) is 32.8 Å². The molecule has 8 heteroatoms. The Balaban J connectivity index is 1.74. The molecule has 0 bridgehead atoms. The zero-order valence-electron chi connectivity index (χ0n) is 20.0. The molecule has 34 heavy (non-hydrogen) atoms. The molecule has 1 amide bonds. The van der Waals surface area contributed by atoms with Gasteiger partial charge in [0.2, 0.25) is 0 Å². The number of nitrogens with one attached hydrogen (secondary N) is 1. The van der Waals surface area contributed by atoms with Crippen LogP contribution < -0.4 is 10.9 Å². The van der Waals surface area contributed by atoms with E-state index in [-0.39, 0.29) is 22.8 Å². The Morgan fingerprint density at radius 3 is 2.47 bits per heavy atom. The number of rotatable bonds is 6.